The molecule has 3 fully saturated rings. The van der Waals surface area contributed by atoms with E-state index in [2.05, 4.69) is 4.90 Å². The zero-order chi connectivity index (χ0) is 21.1. The third kappa shape index (κ3) is 5.10. The molecule has 1 saturated carbocycles. The number of hydrogen-bond acceptors (Lipinski definition) is 3. The van der Waals surface area contributed by atoms with Gasteiger partial charge in [0.15, 0.2) is 0 Å². The van der Waals surface area contributed by atoms with Crippen molar-refractivity contribution >= 4 is 17.6 Å². The normalized spacial score (nSPS) is 22.2. The summed E-state index contributed by atoms with van der Waals surface area (Å²) >= 11 is 0. The Morgan fingerprint density at radius 1 is 1.10 bits per heavy atom. The molecule has 2 aliphatic heterocycles. The topological polar surface area (TPSA) is 60.9 Å². The summed E-state index contributed by atoms with van der Waals surface area (Å²) < 4.78 is 31.7. The van der Waals surface area contributed by atoms with Crippen LogP contribution in [0.5, 0.6) is 0 Å². The maximum atomic E-state index is 12.7. The van der Waals surface area contributed by atoms with Crippen molar-refractivity contribution < 1.29 is 27.9 Å². The molecule has 4 rings (SSSR count). The van der Waals surface area contributed by atoms with Crippen LogP contribution in [-0.2, 0) is 9.59 Å². The lowest BCUT2D eigenvalue weighted by Crippen LogP contribution is -2.65. The Morgan fingerprint density at radius 3 is 2.14 bits per heavy atom. The number of amides is 1. The number of nitrogens with zero attached hydrogens (tertiary/aromatic N) is 2. The van der Waals surface area contributed by atoms with Crippen LogP contribution in [-0.4, -0.2) is 54.2 Å². The molecule has 1 spiro atoms. The van der Waals surface area contributed by atoms with E-state index in [1.54, 1.807) is 0 Å². The second-order valence-corrected chi connectivity index (χ2v) is 8.26. The predicted octanol–water partition coefficient (Wildman–Crippen LogP) is 3.94. The van der Waals surface area contributed by atoms with Crippen LogP contribution in [0.4, 0.5) is 18.9 Å². The summed E-state index contributed by atoms with van der Waals surface area (Å²) in [5.41, 5.74) is 1.02. The SMILES string of the molecule is O=C(O)C(F)(F)F.O=C1N(c2ccccc2)CC12CCN(CC1CCCC1)CC2. The molecule has 0 atom stereocenters. The van der Waals surface area contributed by atoms with Gasteiger partial charge in [-0.25, -0.2) is 4.79 Å². The van der Waals surface area contributed by atoms with Gasteiger partial charge in [0.05, 0.1) is 5.41 Å². The summed E-state index contributed by atoms with van der Waals surface area (Å²) in [5, 5.41) is 7.12. The van der Waals surface area contributed by atoms with Gasteiger partial charge in [-0.15, -0.1) is 0 Å². The van der Waals surface area contributed by atoms with E-state index in [1.807, 2.05) is 35.2 Å². The van der Waals surface area contributed by atoms with Crippen molar-refractivity contribution in [3.63, 3.8) is 0 Å². The van der Waals surface area contributed by atoms with Gasteiger partial charge in [-0.05, 0) is 56.8 Å². The molecule has 160 valence electrons. The summed E-state index contributed by atoms with van der Waals surface area (Å²) in [6.45, 7) is 4.43. The van der Waals surface area contributed by atoms with Crippen molar-refractivity contribution in [2.24, 2.45) is 11.3 Å². The summed E-state index contributed by atoms with van der Waals surface area (Å²) in [5.74, 6) is -1.47. The Bertz CT molecular complexity index is 710. The molecule has 0 radical (unpaired) electrons. The molecule has 0 unspecified atom stereocenters. The van der Waals surface area contributed by atoms with Gasteiger partial charge in [0.2, 0.25) is 5.91 Å². The summed E-state index contributed by atoms with van der Waals surface area (Å²) in [7, 11) is 0. The monoisotopic (exact) mass is 412 g/mol. The highest BCUT2D eigenvalue weighted by Crippen LogP contribution is 2.44. The van der Waals surface area contributed by atoms with Crippen LogP contribution in [0.2, 0.25) is 0 Å². The lowest BCUT2D eigenvalue weighted by molar-refractivity contribution is -0.192. The van der Waals surface area contributed by atoms with E-state index in [0.717, 1.165) is 44.1 Å². The van der Waals surface area contributed by atoms with Gasteiger partial charge in [-0.1, -0.05) is 31.0 Å². The van der Waals surface area contributed by atoms with Crippen LogP contribution in [0.15, 0.2) is 30.3 Å². The lowest BCUT2D eigenvalue weighted by Gasteiger charge is -2.52. The van der Waals surface area contributed by atoms with E-state index < -0.39 is 12.1 Å². The number of aliphatic carboxylic acids is 1. The van der Waals surface area contributed by atoms with Crippen LogP contribution in [0.3, 0.4) is 0 Å². The number of carboxylic acids is 1. The molecule has 1 amide bonds. The standard InChI is InChI=1S/C19H26N2O.C2HF3O2/c22-18-19(15-21(18)17-8-2-1-3-9-17)10-12-20(13-11-19)14-16-6-4-5-7-16;3-2(4,5)1(6)7/h1-3,8-9,16H,4-7,10-15H2;(H,6,7). The minimum atomic E-state index is -5.08. The van der Waals surface area contributed by atoms with E-state index in [1.165, 1.54) is 32.2 Å². The van der Waals surface area contributed by atoms with E-state index in [9.17, 15) is 18.0 Å². The lowest BCUT2D eigenvalue weighted by atomic mass is 9.70. The number of hydrogen-bond donors (Lipinski definition) is 1. The van der Waals surface area contributed by atoms with Gasteiger partial charge < -0.3 is 14.9 Å². The van der Waals surface area contributed by atoms with Gasteiger partial charge in [0.1, 0.15) is 0 Å². The van der Waals surface area contributed by atoms with E-state index in [4.69, 9.17) is 9.90 Å². The number of alkyl halides is 3. The Labute approximate surface area is 168 Å². The first-order valence-corrected chi connectivity index (χ1v) is 10.1. The van der Waals surface area contributed by atoms with Crippen LogP contribution < -0.4 is 4.90 Å². The highest BCUT2D eigenvalue weighted by atomic mass is 19.4. The van der Waals surface area contributed by atoms with E-state index in [-0.39, 0.29) is 5.41 Å². The average molecular weight is 412 g/mol. The Hall–Kier alpha value is -2.09. The molecular weight excluding hydrogens is 385 g/mol. The first-order chi connectivity index (χ1) is 13.7. The van der Waals surface area contributed by atoms with Crippen LogP contribution >= 0.6 is 0 Å². The Morgan fingerprint density at radius 2 is 1.66 bits per heavy atom. The molecule has 3 aliphatic rings. The highest BCUT2D eigenvalue weighted by Gasteiger charge is 2.53. The maximum Gasteiger partial charge on any atom is 0.490 e. The van der Waals surface area contributed by atoms with Crippen molar-refractivity contribution in [3.8, 4) is 0 Å². The van der Waals surface area contributed by atoms with Gasteiger partial charge in [0.25, 0.3) is 0 Å². The van der Waals surface area contributed by atoms with Crippen LogP contribution in [0, 0.1) is 11.3 Å². The fraction of sp³-hybridized carbons (Fsp3) is 0.619. The molecule has 1 N–H and O–H groups in total. The van der Waals surface area contributed by atoms with Gasteiger partial charge in [0, 0.05) is 18.8 Å². The second-order valence-electron chi connectivity index (χ2n) is 8.26. The summed E-state index contributed by atoms with van der Waals surface area (Å²) in [6.07, 6.45) is 2.72. The first-order valence-electron chi connectivity index (χ1n) is 10.1. The van der Waals surface area contributed by atoms with Crippen molar-refractivity contribution in [2.75, 3.05) is 31.1 Å². The number of rotatable bonds is 3. The molecule has 2 heterocycles. The molecule has 1 aliphatic carbocycles. The summed E-state index contributed by atoms with van der Waals surface area (Å²) in [6, 6.07) is 10.1. The number of para-hydroxylation sites is 1. The third-order valence-corrected chi connectivity index (χ3v) is 6.27. The Kier molecular flexibility index (Phi) is 6.51. The number of piperidine rings is 1. The number of carboxylic acid groups (broad SMARTS) is 1. The van der Waals surface area contributed by atoms with Crippen molar-refractivity contribution in [1.29, 1.82) is 0 Å². The number of anilines is 1. The van der Waals surface area contributed by atoms with E-state index >= 15 is 0 Å². The third-order valence-electron chi connectivity index (χ3n) is 6.27. The minimum Gasteiger partial charge on any atom is -0.475 e. The molecular formula is C21H27F3N2O3. The van der Waals surface area contributed by atoms with Gasteiger partial charge in [-0.3, -0.25) is 4.79 Å². The van der Waals surface area contributed by atoms with Gasteiger partial charge in [-0.2, -0.15) is 13.2 Å². The quantitative estimate of drug-likeness (QED) is 0.764. The molecule has 2 saturated heterocycles. The van der Waals surface area contributed by atoms with E-state index in [0.29, 0.717) is 5.91 Å². The van der Waals surface area contributed by atoms with Gasteiger partial charge >= 0.3 is 12.1 Å². The van der Waals surface area contributed by atoms with Crippen LogP contribution in [0.25, 0.3) is 0 Å². The Balaban J connectivity index is 0.000000298. The average Bonchev–Trinajstić information content (AvgIpc) is 3.20. The zero-order valence-corrected chi connectivity index (χ0v) is 16.3. The second kappa shape index (κ2) is 8.73. The smallest absolute Gasteiger partial charge is 0.475 e. The number of β-lactam (4-membered cyclic amide) rings is 1. The number of carbonyl (C=O) groups excluding carboxylic acids is 1. The number of carbonyl (C=O) groups is 2. The summed E-state index contributed by atoms with van der Waals surface area (Å²) in [4.78, 5) is 26.2. The molecule has 0 bridgehead atoms. The number of likely N-dealkylation sites (tertiary alicyclic amines) is 1. The molecule has 8 heteroatoms. The number of halogens is 3. The van der Waals surface area contributed by atoms with Crippen molar-refractivity contribution in [2.45, 2.75) is 44.7 Å². The van der Waals surface area contributed by atoms with Crippen molar-refractivity contribution in [3.05, 3.63) is 30.3 Å². The largest absolute Gasteiger partial charge is 0.490 e. The maximum absolute atomic E-state index is 12.7. The minimum absolute atomic E-state index is 0.0397. The zero-order valence-electron chi connectivity index (χ0n) is 16.3. The predicted molar refractivity (Wildman–Crippen MR) is 103 cm³/mol. The molecule has 1 aromatic rings. The molecule has 1 aromatic carbocycles. The molecule has 29 heavy (non-hydrogen) atoms. The van der Waals surface area contributed by atoms with Crippen LogP contribution in [0.1, 0.15) is 38.5 Å². The fourth-order valence-corrected chi connectivity index (χ4v) is 4.55. The first kappa shape index (κ1) is 21.6. The molecule has 0 aromatic heterocycles. The van der Waals surface area contributed by atoms with Crippen molar-refractivity contribution in [1.82, 2.24) is 4.90 Å². The fourth-order valence-electron chi connectivity index (χ4n) is 4.55. The molecule has 5 nitrogen and oxygen atoms in total. The highest BCUT2D eigenvalue weighted by molar-refractivity contribution is 6.04. The number of benzene rings is 1.